The van der Waals surface area contributed by atoms with Crippen LogP contribution < -0.4 is 0 Å². The van der Waals surface area contributed by atoms with Crippen molar-refractivity contribution in [3.05, 3.63) is 164 Å². The third-order valence-electron chi connectivity index (χ3n) is 13.7. The predicted molar refractivity (Wildman–Crippen MR) is 248 cm³/mol. The molecule has 6 aromatic rings. The Labute approximate surface area is 350 Å². The van der Waals surface area contributed by atoms with Gasteiger partial charge in [-0.1, -0.05) is 0 Å². The zero-order chi connectivity index (χ0) is 41.9. The molecule has 2 unspecified atom stereocenters. The first-order chi connectivity index (χ1) is 27.0. The molecule has 2 atom stereocenters. The fourth-order valence-corrected chi connectivity index (χ4v) is 28.7. The van der Waals surface area contributed by atoms with Crippen molar-refractivity contribution < 1.29 is 26.2 Å². The van der Waals surface area contributed by atoms with Crippen LogP contribution in [0.15, 0.2) is 93.8 Å². The van der Waals surface area contributed by atoms with Crippen molar-refractivity contribution in [2.45, 2.75) is 110 Å². The molecule has 0 radical (unpaired) electrons. The van der Waals surface area contributed by atoms with Crippen LogP contribution in [0, 0.1) is 41.5 Å². The number of aryl methyl sites for hydroxylation is 4. The van der Waals surface area contributed by atoms with Crippen molar-refractivity contribution in [3.63, 3.8) is 0 Å². The molecule has 0 fully saturated rings. The summed E-state index contributed by atoms with van der Waals surface area (Å²) in [6, 6.07) is 32.5. The Balaban J connectivity index is 1.40. The molecule has 0 saturated heterocycles. The van der Waals surface area contributed by atoms with Crippen LogP contribution in [-0.4, -0.2) is 6.88 Å². The van der Waals surface area contributed by atoms with Gasteiger partial charge in [-0.25, -0.2) is 0 Å². The summed E-state index contributed by atoms with van der Waals surface area (Å²) < 4.78 is 19.2. The average Bonchev–Trinajstić information content (AvgIpc) is 3.94. The van der Waals surface area contributed by atoms with Gasteiger partial charge in [-0.05, 0) is 0 Å². The van der Waals surface area contributed by atoms with Crippen LogP contribution in [-0.2, 0) is 28.2 Å². The minimum atomic E-state index is -4.27. The Hall–Kier alpha value is -3.98. The molecule has 8 rings (SSSR count). The summed E-state index contributed by atoms with van der Waals surface area (Å²) in [5.74, 6) is 3.89. The molecule has 0 N–H and O–H groups in total. The molecule has 2 nitrogen and oxygen atoms in total. The summed E-state index contributed by atoms with van der Waals surface area (Å²) in [7, 11) is 0. The second-order valence-corrected chi connectivity index (χ2v) is 51.3. The fourth-order valence-electron chi connectivity index (χ4n) is 10.4. The average molecular weight is 862 g/mol. The molecule has 2 aliphatic carbocycles. The number of fused-ring (bicyclic) bond motifs is 2. The van der Waals surface area contributed by atoms with E-state index in [0.717, 1.165) is 23.0 Å². The van der Waals surface area contributed by atoms with Crippen molar-refractivity contribution in [2.75, 3.05) is 0 Å². The van der Waals surface area contributed by atoms with Gasteiger partial charge in [0.15, 0.2) is 0 Å². The first-order valence-electron chi connectivity index (χ1n) is 21.2. The van der Waals surface area contributed by atoms with E-state index < -0.39 is 17.4 Å². The van der Waals surface area contributed by atoms with Crippen LogP contribution in [0.4, 0.5) is 0 Å². The molecule has 2 heterocycles. The molecule has 0 saturated carbocycles. The summed E-state index contributed by atoms with van der Waals surface area (Å²) >= 11 is -4.27. The van der Waals surface area contributed by atoms with Gasteiger partial charge in [0.25, 0.3) is 0 Å². The van der Waals surface area contributed by atoms with E-state index in [1.54, 1.807) is 0 Å². The number of hydrogen-bond donors (Lipinski definition) is 0. The van der Waals surface area contributed by atoms with Crippen molar-refractivity contribution in [3.8, 4) is 22.3 Å². The molecule has 4 aromatic carbocycles. The Bertz CT molecular complexity index is 2570. The van der Waals surface area contributed by atoms with E-state index in [-0.39, 0.29) is 18.1 Å². The zero-order valence-electron chi connectivity index (χ0n) is 37.4. The molecule has 298 valence electrons. The Morgan fingerprint density at radius 1 is 0.500 bits per heavy atom. The molecular formula is C54H62O2SiZr. The number of benzene rings is 4. The molecule has 0 bridgehead atoms. The van der Waals surface area contributed by atoms with Gasteiger partial charge in [-0.3, -0.25) is 0 Å². The third-order valence-corrected chi connectivity index (χ3v) is 30.9. The molecule has 0 spiro atoms. The maximum absolute atomic E-state index is 6.66. The summed E-state index contributed by atoms with van der Waals surface area (Å²) in [6.45, 7) is 29.5. The monoisotopic (exact) mass is 860 g/mol. The number of furan rings is 2. The van der Waals surface area contributed by atoms with Crippen molar-refractivity contribution in [2.24, 2.45) is 0 Å². The Morgan fingerprint density at radius 2 is 0.845 bits per heavy atom. The van der Waals surface area contributed by atoms with E-state index >= 15 is 0 Å². The van der Waals surface area contributed by atoms with Gasteiger partial charge in [0.05, 0.1) is 0 Å². The molecule has 0 aliphatic heterocycles. The van der Waals surface area contributed by atoms with Crippen molar-refractivity contribution >= 4 is 30.2 Å². The van der Waals surface area contributed by atoms with Crippen LogP contribution >= 0.6 is 0 Å². The fraction of sp³-hybridized carbons (Fsp3) is 0.333. The van der Waals surface area contributed by atoms with E-state index in [4.69, 9.17) is 8.83 Å². The first-order valence-corrected chi connectivity index (χ1v) is 34.9. The molecule has 0 amide bonds. The second-order valence-electron chi connectivity index (χ2n) is 20.9. The zero-order valence-corrected chi connectivity index (χ0v) is 41.3. The minimum absolute atomic E-state index is 0.0907. The first kappa shape index (κ1) is 40.8. The van der Waals surface area contributed by atoms with Crippen LogP contribution in [0.2, 0.25) is 9.26 Å². The molecular weight excluding hydrogens is 800 g/mol. The van der Waals surface area contributed by atoms with Gasteiger partial charge >= 0.3 is 353 Å². The van der Waals surface area contributed by atoms with Gasteiger partial charge < -0.3 is 0 Å². The molecule has 4 heteroatoms. The predicted octanol–water partition coefficient (Wildman–Crippen LogP) is 14.9. The third kappa shape index (κ3) is 6.71. The van der Waals surface area contributed by atoms with Gasteiger partial charge in [0.2, 0.25) is 0 Å². The molecule has 2 aliphatic rings. The van der Waals surface area contributed by atoms with Crippen LogP contribution in [0.1, 0.15) is 127 Å². The van der Waals surface area contributed by atoms with Crippen molar-refractivity contribution in [1.82, 2.24) is 0 Å². The van der Waals surface area contributed by atoms with E-state index in [0.29, 0.717) is 0 Å². The summed E-state index contributed by atoms with van der Waals surface area (Å²) in [4.78, 5) is 0. The molecule has 58 heavy (non-hydrogen) atoms. The normalized spacial score (nSPS) is 17.0. The quantitative estimate of drug-likeness (QED) is 0.156. The second kappa shape index (κ2) is 13.8. The van der Waals surface area contributed by atoms with Gasteiger partial charge in [-0.2, -0.15) is 0 Å². The number of allylic oxidation sites excluding steroid dienone is 2. The molecule has 2 aromatic heterocycles. The van der Waals surface area contributed by atoms with E-state index in [9.17, 15) is 0 Å². The van der Waals surface area contributed by atoms with Gasteiger partial charge in [-0.15, -0.1) is 0 Å². The number of rotatable bonds is 6. The van der Waals surface area contributed by atoms with Crippen LogP contribution in [0.3, 0.4) is 0 Å². The van der Waals surface area contributed by atoms with E-state index in [1.807, 2.05) is 0 Å². The summed E-state index contributed by atoms with van der Waals surface area (Å²) in [5.41, 5.74) is 21.8. The van der Waals surface area contributed by atoms with E-state index in [2.05, 4.69) is 196 Å². The van der Waals surface area contributed by atoms with Crippen LogP contribution in [0.5, 0.6) is 0 Å². The summed E-state index contributed by atoms with van der Waals surface area (Å²) in [5, 5.41) is 0. The number of hydrogen-bond acceptors (Lipinski definition) is 2. The van der Waals surface area contributed by atoms with Crippen LogP contribution in [0.25, 0.3) is 45.6 Å². The SMILES string of the molecule is Cc1ccc(C2=Cc3c(cc(C)c(C)c3-c3ccc(C(C)(C)C)cc3)[CH]2[Zr]([CH3])([CH3])(=[SiH2])[CH]2C(c3ccc(C)o3)=Cc3c2cc(C)c(C)c3-c2ccc(C(C)(C)C)cc2)o1. The Morgan fingerprint density at radius 3 is 1.14 bits per heavy atom. The topological polar surface area (TPSA) is 26.3 Å². The van der Waals surface area contributed by atoms with E-state index in [1.165, 1.54) is 89.0 Å². The summed E-state index contributed by atoms with van der Waals surface area (Å²) in [6.07, 6.45) is 5.04. The van der Waals surface area contributed by atoms with Gasteiger partial charge in [0.1, 0.15) is 0 Å². The van der Waals surface area contributed by atoms with Crippen molar-refractivity contribution in [1.29, 1.82) is 0 Å². The standard InChI is InChI=1S/2C26H27O.2CH3.H2Si.Zr/c2*1-16-13-20-14-21(24-12-7-17(2)27-24)15-23(20)25(18(16)3)19-8-10-22(11-9-19)26(4,5)6;;;;/h2*7-15H,1-6H3;2*1H3;1H2;. The maximum atomic E-state index is 6.66. The van der Waals surface area contributed by atoms with Gasteiger partial charge in [0, 0.05) is 0 Å². The Kier molecular flexibility index (Phi) is 9.69.